The normalized spacial score (nSPS) is 11.4. The van der Waals surface area contributed by atoms with E-state index in [0.29, 0.717) is 0 Å². The van der Waals surface area contributed by atoms with Crippen LogP contribution in [0.1, 0.15) is 9.67 Å². The van der Waals surface area contributed by atoms with Crippen LogP contribution in [0.2, 0.25) is 10.4 Å². The summed E-state index contributed by atoms with van der Waals surface area (Å²) in [6.07, 6.45) is 0. The highest BCUT2D eigenvalue weighted by Crippen LogP contribution is 2.32. The number of rotatable bonds is 4. The lowest BCUT2D eigenvalue weighted by Crippen LogP contribution is -2.14. The van der Waals surface area contributed by atoms with E-state index in [0.717, 1.165) is 17.4 Å². The largest absolute Gasteiger partial charge is 0.477 e. The third kappa shape index (κ3) is 3.83. The molecular formula is C9H4BrCl2N3O4S2. The molecule has 0 saturated heterocycles. The molecule has 21 heavy (non-hydrogen) atoms. The van der Waals surface area contributed by atoms with Crippen LogP contribution in [-0.2, 0) is 10.0 Å². The fourth-order valence-corrected chi connectivity index (χ4v) is 5.08. The van der Waals surface area contributed by atoms with Gasteiger partial charge in [0.05, 0.1) is 3.79 Å². The number of nitrogens with zero attached hydrogens (tertiary/aromatic N) is 2. The molecule has 0 spiro atoms. The van der Waals surface area contributed by atoms with Crippen molar-refractivity contribution in [2.45, 2.75) is 4.90 Å². The first-order valence-corrected chi connectivity index (χ1v) is 8.79. The van der Waals surface area contributed by atoms with Crippen LogP contribution in [-0.4, -0.2) is 29.5 Å². The predicted molar refractivity (Wildman–Crippen MR) is 81.8 cm³/mol. The minimum Gasteiger partial charge on any atom is -0.477 e. The molecule has 0 aliphatic rings. The summed E-state index contributed by atoms with van der Waals surface area (Å²) in [5.74, 6) is -1.36. The molecule has 0 bridgehead atoms. The maximum absolute atomic E-state index is 12.2. The number of thiophene rings is 1. The van der Waals surface area contributed by atoms with Crippen LogP contribution in [0.5, 0.6) is 0 Å². The number of nitrogens with one attached hydrogen (secondary N) is 1. The van der Waals surface area contributed by atoms with Gasteiger partial charge in [0.2, 0.25) is 5.28 Å². The summed E-state index contributed by atoms with van der Waals surface area (Å²) in [5, 5.41) is 8.60. The summed E-state index contributed by atoms with van der Waals surface area (Å²) in [7, 11) is -4.05. The van der Waals surface area contributed by atoms with Crippen LogP contribution in [0, 0.1) is 0 Å². The molecular weight excluding hydrogens is 429 g/mol. The quantitative estimate of drug-likeness (QED) is 0.567. The molecule has 0 amide bonds. The average Bonchev–Trinajstić information content (AvgIpc) is 2.70. The van der Waals surface area contributed by atoms with E-state index < -0.39 is 16.0 Å². The Balaban J connectivity index is 2.40. The zero-order valence-electron chi connectivity index (χ0n) is 9.67. The Labute approximate surface area is 141 Å². The molecule has 12 heteroatoms. The van der Waals surface area contributed by atoms with E-state index in [-0.39, 0.29) is 29.8 Å². The molecule has 0 fully saturated rings. The SMILES string of the molecule is O=C(O)c1cc(S(=O)(=O)Nc2cc(Cl)nc(Cl)n2)c(Br)s1. The zero-order chi connectivity index (χ0) is 15.8. The highest BCUT2D eigenvalue weighted by atomic mass is 79.9. The monoisotopic (exact) mass is 431 g/mol. The molecule has 2 N–H and O–H groups in total. The van der Waals surface area contributed by atoms with Crippen LogP contribution in [0.3, 0.4) is 0 Å². The van der Waals surface area contributed by atoms with Crippen molar-refractivity contribution in [3.8, 4) is 0 Å². The number of carbonyl (C=O) groups is 1. The van der Waals surface area contributed by atoms with Crippen LogP contribution >= 0.6 is 50.5 Å². The lowest BCUT2D eigenvalue weighted by atomic mass is 10.5. The molecule has 0 aliphatic carbocycles. The van der Waals surface area contributed by atoms with E-state index in [1.54, 1.807) is 0 Å². The lowest BCUT2D eigenvalue weighted by molar-refractivity contribution is 0.0702. The van der Waals surface area contributed by atoms with Gasteiger partial charge in [0, 0.05) is 6.07 Å². The fourth-order valence-electron chi connectivity index (χ4n) is 1.28. The molecule has 0 atom stereocenters. The molecule has 7 nitrogen and oxygen atoms in total. The van der Waals surface area contributed by atoms with Gasteiger partial charge in [-0.25, -0.2) is 18.2 Å². The van der Waals surface area contributed by atoms with Gasteiger partial charge in [-0.15, -0.1) is 11.3 Å². The van der Waals surface area contributed by atoms with Gasteiger partial charge in [0.15, 0.2) is 0 Å². The summed E-state index contributed by atoms with van der Waals surface area (Å²) in [6, 6.07) is 2.20. The standard InChI is InChI=1S/C9H4BrCl2N3O4S2/c10-7-4(1-3(20-7)8(16)17)21(18,19)15-6-2-5(11)13-9(12)14-6/h1-2H,(H,16,17)(H,13,14,15). The summed E-state index contributed by atoms with van der Waals surface area (Å²) in [6.45, 7) is 0. The Morgan fingerprint density at radius 3 is 2.52 bits per heavy atom. The van der Waals surface area contributed by atoms with Gasteiger partial charge in [-0.3, -0.25) is 4.72 Å². The maximum atomic E-state index is 12.2. The Hall–Kier alpha value is -0.940. The summed E-state index contributed by atoms with van der Waals surface area (Å²) >= 11 is 15.0. The predicted octanol–water partition coefficient (Wildman–Crippen LogP) is 3.11. The van der Waals surface area contributed by atoms with E-state index in [9.17, 15) is 13.2 Å². The Morgan fingerprint density at radius 2 is 2.00 bits per heavy atom. The van der Waals surface area contributed by atoms with Crippen molar-refractivity contribution in [3.63, 3.8) is 0 Å². The number of hydrogen-bond donors (Lipinski definition) is 2. The second-order valence-electron chi connectivity index (χ2n) is 3.50. The average molecular weight is 433 g/mol. The summed E-state index contributed by atoms with van der Waals surface area (Å²) < 4.78 is 26.7. The van der Waals surface area contributed by atoms with Gasteiger partial charge in [-0.2, -0.15) is 4.98 Å². The van der Waals surface area contributed by atoms with Crippen LogP contribution < -0.4 is 4.72 Å². The molecule has 0 aliphatic heterocycles. The number of anilines is 1. The van der Waals surface area contributed by atoms with Crippen LogP contribution in [0.25, 0.3) is 0 Å². The van der Waals surface area contributed by atoms with E-state index >= 15 is 0 Å². The third-order valence-electron chi connectivity index (χ3n) is 2.06. The Bertz CT molecular complexity index is 804. The number of aromatic nitrogens is 2. The number of carboxylic acid groups (broad SMARTS) is 1. The summed E-state index contributed by atoms with van der Waals surface area (Å²) in [5.41, 5.74) is 0. The number of halogens is 3. The topological polar surface area (TPSA) is 109 Å². The number of aromatic carboxylic acids is 1. The third-order valence-corrected chi connectivity index (χ3v) is 6.02. The van der Waals surface area contributed by atoms with Crippen molar-refractivity contribution in [3.05, 3.63) is 31.2 Å². The van der Waals surface area contributed by atoms with Gasteiger partial charge < -0.3 is 5.11 Å². The molecule has 2 aromatic heterocycles. The Morgan fingerprint density at radius 1 is 1.33 bits per heavy atom. The first-order valence-electron chi connectivity index (χ1n) is 4.94. The molecule has 0 unspecified atom stereocenters. The molecule has 2 aromatic rings. The molecule has 0 radical (unpaired) electrons. The van der Waals surface area contributed by atoms with Crippen molar-refractivity contribution in [1.82, 2.24) is 9.97 Å². The number of sulfonamides is 1. The van der Waals surface area contributed by atoms with Gasteiger partial charge in [-0.1, -0.05) is 11.6 Å². The van der Waals surface area contributed by atoms with Gasteiger partial charge in [0.1, 0.15) is 20.7 Å². The minimum absolute atomic E-state index is 0.0386. The molecule has 0 saturated carbocycles. The van der Waals surface area contributed by atoms with Crippen molar-refractivity contribution in [2.75, 3.05) is 4.72 Å². The van der Waals surface area contributed by atoms with Crippen molar-refractivity contribution in [1.29, 1.82) is 0 Å². The second kappa shape index (κ2) is 6.05. The summed E-state index contributed by atoms with van der Waals surface area (Å²) in [4.78, 5) is 17.8. The lowest BCUT2D eigenvalue weighted by Gasteiger charge is -2.06. The Kier molecular flexibility index (Phi) is 4.73. The second-order valence-corrected chi connectivity index (χ2v) is 8.25. The highest BCUT2D eigenvalue weighted by molar-refractivity contribution is 9.11. The van der Waals surface area contributed by atoms with Crippen molar-refractivity contribution in [2.24, 2.45) is 0 Å². The van der Waals surface area contributed by atoms with Crippen molar-refractivity contribution < 1.29 is 18.3 Å². The molecule has 2 heterocycles. The van der Waals surface area contributed by atoms with E-state index in [2.05, 4.69) is 30.6 Å². The fraction of sp³-hybridized carbons (Fsp3) is 0. The molecule has 2 rings (SSSR count). The number of hydrogen-bond acceptors (Lipinski definition) is 6. The minimum atomic E-state index is -4.05. The first-order chi connectivity index (χ1) is 9.69. The van der Waals surface area contributed by atoms with E-state index in [4.69, 9.17) is 28.3 Å². The molecule has 0 aromatic carbocycles. The number of carboxylic acids is 1. The molecule has 112 valence electrons. The van der Waals surface area contributed by atoms with Crippen LogP contribution in [0.15, 0.2) is 20.8 Å². The van der Waals surface area contributed by atoms with Gasteiger partial charge >= 0.3 is 5.97 Å². The first kappa shape index (κ1) is 16.4. The zero-order valence-corrected chi connectivity index (χ0v) is 14.4. The van der Waals surface area contributed by atoms with Crippen LogP contribution in [0.4, 0.5) is 5.82 Å². The van der Waals surface area contributed by atoms with Crippen molar-refractivity contribution >= 4 is 72.3 Å². The smallest absolute Gasteiger partial charge is 0.345 e. The van der Waals surface area contributed by atoms with Gasteiger partial charge in [0.25, 0.3) is 10.0 Å². The maximum Gasteiger partial charge on any atom is 0.345 e. The highest BCUT2D eigenvalue weighted by Gasteiger charge is 2.24. The van der Waals surface area contributed by atoms with E-state index in [1.165, 1.54) is 6.07 Å². The van der Waals surface area contributed by atoms with E-state index in [1.807, 2.05) is 0 Å². The van der Waals surface area contributed by atoms with Gasteiger partial charge in [-0.05, 0) is 33.6 Å².